The number of carbonyl (C=O) groups is 1. The number of carbonyl (C=O) groups excluding carboxylic acids is 1. The maximum Gasteiger partial charge on any atom is 0.230 e. The van der Waals surface area contributed by atoms with Crippen LogP contribution < -0.4 is 10.1 Å². The van der Waals surface area contributed by atoms with Crippen molar-refractivity contribution in [3.8, 4) is 17.1 Å². The molecule has 0 unspecified atom stereocenters. The highest BCUT2D eigenvalue weighted by atomic mass is 32.2. The Kier molecular flexibility index (Phi) is 6.99. The third kappa shape index (κ3) is 4.69. The minimum atomic E-state index is 0.0765. The minimum absolute atomic E-state index is 0.0765. The standard InChI is InChI=1S/C21H30N4O2S/c1-5-25-20(16-9-11-17(27-4)12-10-16)23-24-21(25)28-13-19(26)22-18-8-6-7-14(2)15(18)3/h9-12,14-15,18H,5-8,13H2,1-4H3,(H,22,26)/t14-,15+,18+/m1/s1. The van der Waals surface area contributed by atoms with Crippen LogP contribution in [0, 0.1) is 11.8 Å². The van der Waals surface area contributed by atoms with E-state index in [1.54, 1.807) is 7.11 Å². The molecule has 3 atom stereocenters. The molecule has 6 nitrogen and oxygen atoms in total. The molecule has 1 aliphatic rings. The normalized spacial score (nSPS) is 22.1. The summed E-state index contributed by atoms with van der Waals surface area (Å²) in [6.07, 6.45) is 3.53. The number of aromatic nitrogens is 3. The highest BCUT2D eigenvalue weighted by molar-refractivity contribution is 7.99. The lowest BCUT2D eigenvalue weighted by Gasteiger charge is -2.34. The van der Waals surface area contributed by atoms with Gasteiger partial charge in [0.1, 0.15) is 5.75 Å². The smallest absolute Gasteiger partial charge is 0.230 e. The number of hydrogen-bond donors (Lipinski definition) is 1. The summed E-state index contributed by atoms with van der Waals surface area (Å²) in [5.41, 5.74) is 0.983. The minimum Gasteiger partial charge on any atom is -0.497 e. The molecular formula is C21H30N4O2S. The molecule has 1 aromatic heterocycles. The first kappa shape index (κ1) is 20.7. The van der Waals surface area contributed by atoms with Crippen LogP contribution in [-0.4, -0.2) is 39.6 Å². The molecule has 0 aliphatic heterocycles. The quantitative estimate of drug-likeness (QED) is 0.709. The number of methoxy groups -OCH3 is 1. The number of thioether (sulfide) groups is 1. The van der Waals surface area contributed by atoms with Gasteiger partial charge in [-0.1, -0.05) is 38.5 Å². The molecule has 1 heterocycles. The van der Waals surface area contributed by atoms with Gasteiger partial charge in [0.15, 0.2) is 11.0 Å². The van der Waals surface area contributed by atoms with Crippen LogP contribution >= 0.6 is 11.8 Å². The number of nitrogens with zero attached hydrogens (tertiary/aromatic N) is 3. The first-order valence-electron chi connectivity index (χ1n) is 10.0. The summed E-state index contributed by atoms with van der Waals surface area (Å²) < 4.78 is 7.26. The molecule has 1 aromatic carbocycles. The van der Waals surface area contributed by atoms with Gasteiger partial charge in [-0.3, -0.25) is 4.79 Å². The largest absolute Gasteiger partial charge is 0.497 e. The van der Waals surface area contributed by atoms with Gasteiger partial charge in [0.05, 0.1) is 12.9 Å². The average Bonchev–Trinajstić information content (AvgIpc) is 3.13. The Morgan fingerprint density at radius 2 is 2.00 bits per heavy atom. The molecule has 28 heavy (non-hydrogen) atoms. The van der Waals surface area contributed by atoms with Gasteiger partial charge in [-0.05, 0) is 49.4 Å². The van der Waals surface area contributed by atoms with Crippen molar-refractivity contribution in [2.45, 2.75) is 57.8 Å². The number of amides is 1. The fraction of sp³-hybridized carbons (Fsp3) is 0.571. The van der Waals surface area contributed by atoms with Crippen molar-refractivity contribution in [1.29, 1.82) is 0 Å². The van der Waals surface area contributed by atoms with Crippen LogP contribution in [0.3, 0.4) is 0 Å². The van der Waals surface area contributed by atoms with Gasteiger partial charge in [-0.15, -0.1) is 10.2 Å². The maximum absolute atomic E-state index is 12.5. The van der Waals surface area contributed by atoms with Crippen molar-refractivity contribution in [3.63, 3.8) is 0 Å². The van der Waals surface area contributed by atoms with E-state index in [9.17, 15) is 4.79 Å². The molecule has 1 N–H and O–H groups in total. The Morgan fingerprint density at radius 3 is 2.68 bits per heavy atom. The fourth-order valence-corrected chi connectivity index (χ4v) is 4.61. The molecule has 7 heteroatoms. The molecule has 0 spiro atoms. The molecule has 1 amide bonds. The second kappa shape index (κ2) is 9.45. The van der Waals surface area contributed by atoms with Crippen LogP contribution in [0.15, 0.2) is 29.4 Å². The van der Waals surface area contributed by atoms with Gasteiger partial charge < -0.3 is 14.6 Å². The summed E-state index contributed by atoms with van der Waals surface area (Å²) >= 11 is 1.45. The molecular weight excluding hydrogens is 372 g/mol. The zero-order valence-corrected chi connectivity index (χ0v) is 18.0. The average molecular weight is 403 g/mol. The second-order valence-electron chi connectivity index (χ2n) is 7.51. The van der Waals surface area contributed by atoms with E-state index >= 15 is 0 Å². The zero-order chi connectivity index (χ0) is 20.1. The van der Waals surface area contributed by atoms with E-state index in [2.05, 4.69) is 36.3 Å². The van der Waals surface area contributed by atoms with Crippen molar-refractivity contribution in [2.24, 2.45) is 11.8 Å². The molecule has 2 aromatic rings. The summed E-state index contributed by atoms with van der Waals surface area (Å²) in [6, 6.07) is 8.06. The van der Waals surface area contributed by atoms with E-state index < -0.39 is 0 Å². The third-order valence-electron chi connectivity index (χ3n) is 5.77. The van der Waals surface area contributed by atoms with Crippen molar-refractivity contribution < 1.29 is 9.53 Å². The van der Waals surface area contributed by atoms with Crippen LogP contribution in [0.25, 0.3) is 11.4 Å². The van der Waals surface area contributed by atoms with Crippen molar-refractivity contribution in [3.05, 3.63) is 24.3 Å². The monoisotopic (exact) mass is 402 g/mol. The van der Waals surface area contributed by atoms with Crippen LogP contribution in [0.4, 0.5) is 0 Å². The maximum atomic E-state index is 12.5. The van der Waals surface area contributed by atoms with Crippen molar-refractivity contribution >= 4 is 17.7 Å². The first-order valence-corrected chi connectivity index (χ1v) is 11.0. The van der Waals surface area contributed by atoms with Crippen molar-refractivity contribution in [2.75, 3.05) is 12.9 Å². The summed E-state index contributed by atoms with van der Waals surface area (Å²) in [6.45, 7) is 7.33. The Bertz CT molecular complexity index is 790. The molecule has 0 saturated heterocycles. The summed E-state index contributed by atoms with van der Waals surface area (Å²) in [5, 5.41) is 12.7. The molecule has 0 bridgehead atoms. The van der Waals surface area contributed by atoms with Gasteiger partial charge in [0.25, 0.3) is 0 Å². The molecule has 3 rings (SSSR count). The Labute approximate surface area is 171 Å². The Balaban J connectivity index is 1.62. The van der Waals surface area contributed by atoms with E-state index in [0.717, 1.165) is 35.3 Å². The lowest BCUT2D eigenvalue weighted by atomic mass is 9.78. The van der Waals surface area contributed by atoms with Gasteiger partial charge in [0, 0.05) is 18.2 Å². The highest BCUT2D eigenvalue weighted by Gasteiger charge is 2.28. The van der Waals surface area contributed by atoms with Crippen molar-refractivity contribution in [1.82, 2.24) is 20.1 Å². The van der Waals surface area contributed by atoms with Crippen LogP contribution in [0.1, 0.15) is 40.0 Å². The topological polar surface area (TPSA) is 69.0 Å². The SMILES string of the molecule is CCn1c(SCC(=O)N[C@H]2CCC[C@@H](C)[C@@H]2C)nnc1-c1ccc(OC)cc1. The fourth-order valence-electron chi connectivity index (χ4n) is 3.80. The van der Waals surface area contributed by atoms with E-state index in [4.69, 9.17) is 4.74 Å². The Morgan fingerprint density at radius 1 is 1.25 bits per heavy atom. The molecule has 0 radical (unpaired) electrons. The number of rotatable bonds is 7. The number of hydrogen-bond acceptors (Lipinski definition) is 5. The Hall–Kier alpha value is -2.02. The molecule has 1 aliphatic carbocycles. The molecule has 1 fully saturated rings. The van der Waals surface area contributed by atoms with Gasteiger partial charge in [-0.25, -0.2) is 0 Å². The highest BCUT2D eigenvalue weighted by Crippen LogP contribution is 2.30. The predicted octanol–water partition coefficient (Wildman–Crippen LogP) is 4.01. The predicted molar refractivity (Wildman–Crippen MR) is 113 cm³/mol. The van der Waals surface area contributed by atoms with E-state index in [0.29, 0.717) is 17.6 Å². The van der Waals surface area contributed by atoms with Gasteiger partial charge >= 0.3 is 0 Å². The zero-order valence-electron chi connectivity index (χ0n) is 17.1. The third-order valence-corrected chi connectivity index (χ3v) is 6.73. The lowest BCUT2D eigenvalue weighted by Crippen LogP contribution is -2.44. The van der Waals surface area contributed by atoms with Gasteiger partial charge in [0.2, 0.25) is 5.91 Å². The van der Waals surface area contributed by atoms with E-state index in [1.807, 2.05) is 28.8 Å². The van der Waals surface area contributed by atoms with Crippen LogP contribution in [-0.2, 0) is 11.3 Å². The molecule has 1 saturated carbocycles. The first-order chi connectivity index (χ1) is 13.5. The van der Waals surface area contributed by atoms with Crippen LogP contribution in [0.2, 0.25) is 0 Å². The summed E-state index contributed by atoms with van der Waals surface area (Å²) in [4.78, 5) is 12.5. The van der Waals surface area contributed by atoms with E-state index in [1.165, 1.54) is 24.6 Å². The summed E-state index contributed by atoms with van der Waals surface area (Å²) in [5.74, 6) is 3.25. The lowest BCUT2D eigenvalue weighted by molar-refractivity contribution is -0.120. The van der Waals surface area contributed by atoms with E-state index in [-0.39, 0.29) is 11.9 Å². The van der Waals surface area contributed by atoms with Gasteiger partial charge in [-0.2, -0.15) is 0 Å². The number of nitrogens with one attached hydrogen (secondary N) is 1. The second-order valence-corrected chi connectivity index (χ2v) is 8.45. The summed E-state index contributed by atoms with van der Waals surface area (Å²) in [7, 11) is 1.65. The number of benzene rings is 1. The molecule has 152 valence electrons. The van der Waals surface area contributed by atoms with Crippen LogP contribution in [0.5, 0.6) is 5.75 Å². The number of ether oxygens (including phenoxy) is 1.